The minimum Gasteiger partial charge on any atom is -0.465 e. The summed E-state index contributed by atoms with van der Waals surface area (Å²) < 4.78 is 5.78. The number of carbonyl (C=O) groups excluding carboxylic acids is 1. The van der Waals surface area contributed by atoms with Crippen LogP contribution in [0.15, 0.2) is 0 Å². The molecule has 9 heteroatoms. The lowest BCUT2D eigenvalue weighted by Gasteiger charge is -2.43. The average Bonchev–Trinajstić information content (AvgIpc) is 2.90. The molecule has 0 aromatic carbocycles. The quantitative estimate of drug-likeness (QED) is 0.723. The first-order chi connectivity index (χ1) is 12.3. The highest BCUT2D eigenvalue weighted by Gasteiger charge is 2.41. The first-order valence-corrected chi connectivity index (χ1v) is 8.93. The fourth-order valence-corrected chi connectivity index (χ4v) is 3.62. The number of hydrogen-bond acceptors (Lipinski definition) is 4. The van der Waals surface area contributed by atoms with Gasteiger partial charge in [0.25, 0.3) is 5.91 Å². The van der Waals surface area contributed by atoms with Crippen LogP contribution in [-0.4, -0.2) is 58.3 Å². The zero-order valence-electron chi connectivity index (χ0n) is 15.0. The number of aromatic nitrogens is 1. The van der Waals surface area contributed by atoms with Gasteiger partial charge in [-0.15, -0.1) is 0 Å². The predicted octanol–water partition coefficient (Wildman–Crippen LogP) is 2.51. The molecule has 1 unspecified atom stereocenters. The van der Waals surface area contributed by atoms with Crippen LogP contribution in [0.2, 0.25) is 5.02 Å². The van der Waals surface area contributed by atoms with E-state index in [0.717, 1.165) is 0 Å². The van der Waals surface area contributed by atoms with Gasteiger partial charge >= 0.3 is 6.09 Å². The van der Waals surface area contributed by atoms with E-state index in [-0.39, 0.29) is 28.4 Å². The summed E-state index contributed by atoms with van der Waals surface area (Å²) in [5.41, 5.74) is 0.755. The zero-order chi connectivity index (χ0) is 19.4. The molecule has 142 valence electrons. The van der Waals surface area contributed by atoms with Gasteiger partial charge in [0.1, 0.15) is 17.3 Å². The maximum atomic E-state index is 12.7. The van der Waals surface area contributed by atoms with Gasteiger partial charge in [0.2, 0.25) is 0 Å². The van der Waals surface area contributed by atoms with E-state index in [1.54, 1.807) is 6.92 Å². The van der Waals surface area contributed by atoms with Gasteiger partial charge in [0, 0.05) is 18.8 Å². The molecule has 3 atom stereocenters. The van der Waals surface area contributed by atoms with Crippen LogP contribution in [0.3, 0.4) is 0 Å². The fraction of sp³-hybridized carbons (Fsp3) is 0.588. The normalized spacial score (nSPS) is 22.7. The third-order valence-corrected chi connectivity index (χ3v) is 5.12. The number of carboxylic acid groups (broad SMARTS) is 1. The Morgan fingerprint density at radius 1 is 1.50 bits per heavy atom. The molecule has 0 radical (unpaired) electrons. The van der Waals surface area contributed by atoms with Crippen molar-refractivity contribution in [2.75, 3.05) is 13.2 Å². The zero-order valence-corrected chi connectivity index (χ0v) is 15.8. The minimum absolute atomic E-state index is 0.102. The number of nitriles is 1. The first-order valence-electron chi connectivity index (χ1n) is 8.55. The van der Waals surface area contributed by atoms with Gasteiger partial charge in [-0.1, -0.05) is 18.5 Å². The summed E-state index contributed by atoms with van der Waals surface area (Å²) in [6, 6.07) is 1.22. The molecule has 0 spiro atoms. The maximum absolute atomic E-state index is 12.7. The summed E-state index contributed by atoms with van der Waals surface area (Å²) in [7, 11) is 0. The van der Waals surface area contributed by atoms with Crippen LogP contribution in [0.25, 0.3) is 0 Å². The molecular weight excluding hydrogens is 360 g/mol. The van der Waals surface area contributed by atoms with E-state index in [1.165, 1.54) is 4.90 Å². The molecule has 1 saturated heterocycles. The van der Waals surface area contributed by atoms with E-state index >= 15 is 0 Å². The molecule has 2 amide bonds. The largest absolute Gasteiger partial charge is 0.465 e. The SMILES string of the molecule is CCO[C@@H]1C(CC)N(C(=O)O)CC[C@H]1NC(=O)c1[nH]c(C)c(Cl)c1C#N. The van der Waals surface area contributed by atoms with Crippen LogP contribution in [0.5, 0.6) is 0 Å². The van der Waals surface area contributed by atoms with Gasteiger partial charge in [0.05, 0.1) is 23.2 Å². The summed E-state index contributed by atoms with van der Waals surface area (Å²) in [5.74, 6) is -0.454. The Morgan fingerprint density at radius 2 is 2.19 bits per heavy atom. The number of ether oxygens (including phenoxy) is 1. The van der Waals surface area contributed by atoms with Crippen molar-refractivity contribution in [1.29, 1.82) is 5.26 Å². The Hall–Kier alpha value is -2.24. The molecule has 1 fully saturated rings. The second-order valence-electron chi connectivity index (χ2n) is 6.17. The number of halogens is 1. The molecule has 1 aromatic heterocycles. The second-order valence-corrected chi connectivity index (χ2v) is 6.54. The van der Waals surface area contributed by atoms with Crippen LogP contribution in [0.4, 0.5) is 4.79 Å². The number of piperidine rings is 1. The molecule has 2 rings (SSSR count). The molecule has 1 aliphatic heterocycles. The Labute approximate surface area is 157 Å². The van der Waals surface area contributed by atoms with E-state index in [2.05, 4.69) is 10.3 Å². The topological polar surface area (TPSA) is 118 Å². The van der Waals surface area contributed by atoms with E-state index in [1.807, 2.05) is 19.9 Å². The minimum atomic E-state index is -0.995. The number of aromatic amines is 1. The molecule has 2 heterocycles. The van der Waals surface area contributed by atoms with E-state index < -0.39 is 18.1 Å². The lowest BCUT2D eigenvalue weighted by molar-refractivity contribution is -0.0497. The van der Waals surface area contributed by atoms with Crippen molar-refractivity contribution < 1.29 is 19.4 Å². The number of aryl methyl sites for hydroxylation is 1. The number of H-pyrrole nitrogens is 1. The van der Waals surface area contributed by atoms with E-state index in [4.69, 9.17) is 16.3 Å². The summed E-state index contributed by atoms with van der Waals surface area (Å²) in [6.45, 7) is 6.10. The molecule has 8 nitrogen and oxygen atoms in total. The van der Waals surface area contributed by atoms with Gasteiger partial charge < -0.3 is 25.0 Å². The van der Waals surface area contributed by atoms with Gasteiger partial charge in [-0.2, -0.15) is 5.26 Å². The average molecular weight is 383 g/mol. The van der Waals surface area contributed by atoms with Crippen LogP contribution in [-0.2, 0) is 4.74 Å². The summed E-state index contributed by atoms with van der Waals surface area (Å²) in [6.07, 6.45) is -0.463. The van der Waals surface area contributed by atoms with Crippen LogP contribution >= 0.6 is 11.6 Å². The highest BCUT2D eigenvalue weighted by atomic mass is 35.5. The van der Waals surface area contributed by atoms with Crippen molar-refractivity contribution >= 4 is 23.6 Å². The van der Waals surface area contributed by atoms with Crippen LogP contribution in [0, 0.1) is 18.3 Å². The summed E-state index contributed by atoms with van der Waals surface area (Å²) in [4.78, 5) is 28.4. The van der Waals surface area contributed by atoms with Crippen molar-refractivity contribution in [3.05, 3.63) is 22.0 Å². The Balaban J connectivity index is 2.24. The number of amides is 2. The third kappa shape index (κ3) is 3.79. The lowest BCUT2D eigenvalue weighted by atomic mass is 9.91. The Kier molecular flexibility index (Phi) is 6.51. The highest BCUT2D eigenvalue weighted by molar-refractivity contribution is 6.33. The lowest BCUT2D eigenvalue weighted by Crippen LogP contribution is -2.61. The highest BCUT2D eigenvalue weighted by Crippen LogP contribution is 2.26. The molecule has 1 aromatic rings. The van der Waals surface area contributed by atoms with Gasteiger partial charge in [0.15, 0.2) is 0 Å². The molecule has 0 bridgehead atoms. The van der Waals surface area contributed by atoms with Crippen LogP contribution in [0.1, 0.15) is 48.4 Å². The predicted molar refractivity (Wildman–Crippen MR) is 95.3 cm³/mol. The summed E-state index contributed by atoms with van der Waals surface area (Å²) >= 11 is 6.05. The van der Waals surface area contributed by atoms with Crippen LogP contribution < -0.4 is 5.32 Å². The fourth-order valence-electron chi connectivity index (χ4n) is 3.44. The number of nitrogens with one attached hydrogen (secondary N) is 2. The van der Waals surface area contributed by atoms with Gasteiger partial charge in [-0.05, 0) is 26.7 Å². The van der Waals surface area contributed by atoms with E-state index in [9.17, 15) is 20.0 Å². The Bertz CT molecular complexity index is 727. The maximum Gasteiger partial charge on any atom is 0.407 e. The molecule has 0 aliphatic carbocycles. The summed E-state index contributed by atoms with van der Waals surface area (Å²) in [5, 5.41) is 21.8. The molecule has 26 heavy (non-hydrogen) atoms. The first kappa shape index (κ1) is 20.1. The number of hydrogen-bond donors (Lipinski definition) is 3. The molecular formula is C17H23ClN4O4. The monoisotopic (exact) mass is 382 g/mol. The number of rotatable bonds is 5. The van der Waals surface area contributed by atoms with Crippen molar-refractivity contribution in [1.82, 2.24) is 15.2 Å². The number of nitrogens with zero attached hydrogens (tertiary/aromatic N) is 2. The number of carbonyl (C=O) groups is 2. The number of likely N-dealkylation sites (tertiary alicyclic amines) is 1. The van der Waals surface area contributed by atoms with Gasteiger partial charge in [-0.3, -0.25) is 4.79 Å². The van der Waals surface area contributed by atoms with Gasteiger partial charge in [-0.25, -0.2) is 4.79 Å². The standard InChI is InChI=1S/C17H23ClN4O4/c1-4-12-15(26-5-2)11(6-7-22(12)17(24)25)21-16(23)14-10(8-19)13(18)9(3)20-14/h11-12,15,20H,4-7H2,1-3H3,(H,21,23)(H,24,25)/t11-,12?,15+/m1/s1. The van der Waals surface area contributed by atoms with Crippen molar-refractivity contribution in [3.63, 3.8) is 0 Å². The van der Waals surface area contributed by atoms with Crippen molar-refractivity contribution in [3.8, 4) is 6.07 Å². The van der Waals surface area contributed by atoms with Crippen molar-refractivity contribution in [2.24, 2.45) is 0 Å². The third-order valence-electron chi connectivity index (χ3n) is 4.65. The molecule has 1 aliphatic rings. The smallest absolute Gasteiger partial charge is 0.407 e. The second kappa shape index (κ2) is 8.43. The Morgan fingerprint density at radius 3 is 2.73 bits per heavy atom. The molecule has 3 N–H and O–H groups in total. The molecule has 0 saturated carbocycles. The van der Waals surface area contributed by atoms with Crippen molar-refractivity contribution in [2.45, 2.75) is 51.8 Å². The van der Waals surface area contributed by atoms with E-state index in [0.29, 0.717) is 31.7 Å².